The van der Waals surface area contributed by atoms with Crippen molar-refractivity contribution < 1.29 is 32.6 Å². The van der Waals surface area contributed by atoms with Gasteiger partial charge in [0.05, 0.1) is 6.42 Å². The highest BCUT2D eigenvalue weighted by Crippen LogP contribution is 2.19. The van der Waals surface area contributed by atoms with Gasteiger partial charge in [0.25, 0.3) is 0 Å². The predicted octanol–water partition coefficient (Wildman–Crippen LogP) is 2.29. The van der Waals surface area contributed by atoms with E-state index in [1.54, 1.807) is 12.1 Å². The van der Waals surface area contributed by atoms with Gasteiger partial charge in [-0.15, -0.1) is 0 Å². The number of ether oxygens (including phenoxy) is 1. The van der Waals surface area contributed by atoms with Gasteiger partial charge >= 0.3 is 18.2 Å². The van der Waals surface area contributed by atoms with Gasteiger partial charge in [-0.2, -0.15) is 13.2 Å². The van der Waals surface area contributed by atoms with Crippen LogP contribution in [0, 0.1) is 0 Å². The van der Waals surface area contributed by atoms with Crippen LogP contribution in [-0.2, 0) is 11.2 Å². The number of carboxylic acids is 1. The minimum atomic E-state index is -4.40. The maximum absolute atomic E-state index is 12.1. The van der Waals surface area contributed by atoms with Crippen LogP contribution in [0.3, 0.4) is 0 Å². The molecule has 24 heavy (non-hydrogen) atoms. The summed E-state index contributed by atoms with van der Waals surface area (Å²) >= 11 is 0. The molecule has 0 spiro atoms. The summed E-state index contributed by atoms with van der Waals surface area (Å²) in [7, 11) is 1.48. The number of aliphatic carboxylic acids is 1. The molecule has 0 aliphatic rings. The third kappa shape index (κ3) is 8.25. The van der Waals surface area contributed by atoms with Crippen molar-refractivity contribution in [2.45, 2.75) is 19.0 Å². The fraction of sp³-hybridized carbons (Fsp3) is 0.467. The van der Waals surface area contributed by atoms with Crippen LogP contribution in [0.15, 0.2) is 24.3 Å². The normalized spacial score (nSPS) is 11.0. The lowest BCUT2D eigenvalue weighted by molar-refractivity contribution is -0.153. The molecule has 0 aromatic heterocycles. The maximum Gasteiger partial charge on any atom is 0.422 e. The van der Waals surface area contributed by atoms with E-state index in [0.717, 1.165) is 0 Å². The number of rotatable bonds is 8. The highest BCUT2D eigenvalue weighted by atomic mass is 19.4. The van der Waals surface area contributed by atoms with E-state index in [1.165, 1.54) is 24.1 Å². The van der Waals surface area contributed by atoms with E-state index in [1.807, 2.05) is 0 Å². The Balaban J connectivity index is 2.39. The summed E-state index contributed by atoms with van der Waals surface area (Å²) in [6, 6.07) is 5.77. The van der Waals surface area contributed by atoms with Gasteiger partial charge in [0, 0.05) is 20.1 Å². The number of nitrogens with one attached hydrogen (secondary N) is 1. The van der Waals surface area contributed by atoms with Gasteiger partial charge in [0.1, 0.15) is 5.75 Å². The van der Waals surface area contributed by atoms with Gasteiger partial charge < -0.3 is 20.1 Å². The Hall–Kier alpha value is -2.45. The van der Waals surface area contributed by atoms with E-state index < -0.39 is 24.8 Å². The summed E-state index contributed by atoms with van der Waals surface area (Å²) in [5, 5.41) is 11.2. The smallest absolute Gasteiger partial charge is 0.422 e. The van der Waals surface area contributed by atoms with Crippen LogP contribution in [0.4, 0.5) is 18.0 Å². The summed E-state index contributed by atoms with van der Waals surface area (Å²) in [4.78, 5) is 23.4. The lowest BCUT2D eigenvalue weighted by atomic mass is 10.1. The number of hydrogen-bond acceptors (Lipinski definition) is 3. The van der Waals surface area contributed by atoms with Crippen LogP contribution < -0.4 is 10.1 Å². The Bertz CT molecular complexity index is 564. The molecule has 134 valence electrons. The number of carbonyl (C=O) groups excluding carboxylic acids is 1. The van der Waals surface area contributed by atoms with Crippen molar-refractivity contribution in [3.8, 4) is 5.75 Å². The number of hydrogen-bond donors (Lipinski definition) is 2. The number of amides is 2. The van der Waals surface area contributed by atoms with Crippen molar-refractivity contribution in [3.63, 3.8) is 0 Å². The molecule has 0 saturated heterocycles. The first kappa shape index (κ1) is 19.6. The number of carboxylic acid groups (broad SMARTS) is 1. The second-order valence-electron chi connectivity index (χ2n) is 5.10. The molecule has 1 rings (SSSR count). The molecular formula is C15H19F3N2O4. The van der Waals surface area contributed by atoms with Gasteiger partial charge in [-0.1, -0.05) is 12.1 Å². The lowest BCUT2D eigenvalue weighted by Crippen LogP contribution is -2.39. The summed E-state index contributed by atoms with van der Waals surface area (Å²) < 4.78 is 41.0. The molecule has 2 amide bonds. The third-order valence-electron chi connectivity index (χ3n) is 3.00. The molecule has 0 unspecified atom stereocenters. The first-order valence-corrected chi connectivity index (χ1v) is 7.16. The van der Waals surface area contributed by atoms with Gasteiger partial charge in [-0.25, -0.2) is 4.79 Å². The molecule has 0 atom stereocenters. The van der Waals surface area contributed by atoms with Crippen LogP contribution in [0.2, 0.25) is 0 Å². The number of halogens is 3. The quantitative estimate of drug-likeness (QED) is 0.755. The van der Waals surface area contributed by atoms with Gasteiger partial charge in [0.15, 0.2) is 6.61 Å². The fourth-order valence-corrected chi connectivity index (χ4v) is 1.77. The van der Waals surface area contributed by atoms with Gasteiger partial charge in [-0.05, 0) is 24.1 Å². The van der Waals surface area contributed by atoms with E-state index in [4.69, 9.17) is 5.11 Å². The zero-order valence-corrected chi connectivity index (χ0v) is 13.1. The van der Waals surface area contributed by atoms with Crippen LogP contribution in [0.25, 0.3) is 0 Å². The zero-order valence-electron chi connectivity index (χ0n) is 13.1. The molecule has 2 N–H and O–H groups in total. The largest absolute Gasteiger partial charge is 0.484 e. The molecule has 1 aromatic carbocycles. The summed E-state index contributed by atoms with van der Waals surface area (Å²) in [5.74, 6) is -0.889. The molecule has 0 heterocycles. The van der Waals surface area contributed by atoms with Crippen LogP contribution in [0.1, 0.15) is 12.0 Å². The number of carbonyl (C=O) groups is 2. The van der Waals surface area contributed by atoms with E-state index in [9.17, 15) is 22.8 Å². The predicted molar refractivity (Wildman–Crippen MR) is 80.0 cm³/mol. The molecule has 0 aliphatic heterocycles. The Morgan fingerprint density at radius 2 is 2.04 bits per heavy atom. The molecule has 9 heteroatoms. The maximum atomic E-state index is 12.1. The Kier molecular flexibility index (Phi) is 7.34. The van der Waals surface area contributed by atoms with E-state index in [-0.39, 0.29) is 25.3 Å². The average Bonchev–Trinajstić information content (AvgIpc) is 2.50. The van der Waals surface area contributed by atoms with Crippen molar-refractivity contribution in [2.24, 2.45) is 0 Å². The summed E-state index contributed by atoms with van der Waals surface area (Å²) in [5.41, 5.74) is 0.711. The fourth-order valence-electron chi connectivity index (χ4n) is 1.77. The van der Waals surface area contributed by atoms with Crippen molar-refractivity contribution in [1.82, 2.24) is 10.2 Å². The third-order valence-corrected chi connectivity index (χ3v) is 3.00. The molecule has 0 aliphatic carbocycles. The number of benzene rings is 1. The van der Waals surface area contributed by atoms with E-state index >= 15 is 0 Å². The minimum absolute atomic E-state index is 0.0853. The Labute approximate surface area is 137 Å². The SMILES string of the molecule is CN(CCC(=O)O)C(=O)NCCc1cccc(OCC(F)(F)F)c1. The topological polar surface area (TPSA) is 78.9 Å². The molecule has 0 radical (unpaired) electrons. The van der Waals surface area contributed by atoms with E-state index in [2.05, 4.69) is 10.1 Å². The van der Waals surface area contributed by atoms with Gasteiger partial charge in [0.2, 0.25) is 0 Å². The first-order chi connectivity index (χ1) is 11.2. The minimum Gasteiger partial charge on any atom is -0.484 e. The highest BCUT2D eigenvalue weighted by molar-refractivity contribution is 5.74. The second-order valence-corrected chi connectivity index (χ2v) is 5.10. The van der Waals surface area contributed by atoms with Crippen LogP contribution >= 0.6 is 0 Å². The summed E-state index contributed by atoms with van der Waals surface area (Å²) in [6.45, 7) is -1.01. The standard InChI is InChI=1S/C15H19F3N2O4/c1-20(8-6-13(21)22)14(23)19-7-5-11-3-2-4-12(9-11)24-10-15(16,17)18/h2-4,9H,5-8,10H2,1H3,(H,19,23)(H,21,22). The summed E-state index contributed by atoms with van der Waals surface area (Å²) in [6.07, 6.45) is -4.14. The zero-order chi connectivity index (χ0) is 18.2. The molecule has 0 bridgehead atoms. The molecule has 6 nitrogen and oxygen atoms in total. The average molecular weight is 348 g/mol. The van der Waals surface area contributed by atoms with E-state index in [0.29, 0.717) is 12.0 Å². The van der Waals surface area contributed by atoms with Crippen molar-refractivity contribution in [3.05, 3.63) is 29.8 Å². The van der Waals surface area contributed by atoms with Gasteiger partial charge in [-0.3, -0.25) is 4.79 Å². The van der Waals surface area contributed by atoms with Crippen molar-refractivity contribution in [2.75, 3.05) is 26.7 Å². The number of nitrogens with zero attached hydrogens (tertiary/aromatic N) is 1. The molecule has 0 saturated carbocycles. The Morgan fingerprint density at radius 3 is 2.67 bits per heavy atom. The number of alkyl halides is 3. The second kappa shape index (κ2) is 8.99. The van der Waals surface area contributed by atoms with Crippen LogP contribution in [0.5, 0.6) is 5.75 Å². The number of urea groups is 1. The lowest BCUT2D eigenvalue weighted by Gasteiger charge is -2.17. The van der Waals surface area contributed by atoms with Crippen molar-refractivity contribution >= 4 is 12.0 Å². The Morgan fingerprint density at radius 1 is 1.33 bits per heavy atom. The molecule has 0 fully saturated rings. The molecular weight excluding hydrogens is 329 g/mol. The highest BCUT2D eigenvalue weighted by Gasteiger charge is 2.28. The first-order valence-electron chi connectivity index (χ1n) is 7.16. The molecule has 1 aromatic rings. The van der Waals surface area contributed by atoms with Crippen molar-refractivity contribution in [1.29, 1.82) is 0 Å². The van der Waals surface area contributed by atoms with Crippen LogP contribution in [-0.4, -0.2) is 54.9 Å². The monoisotopic (exact) mass is 348 g/mol.